The summed E-state index contributed by atoms with van der Waals surface area (Å²) in [5, 5.41) is 76.6. The van der Waals surface area contributed by atoms with E-state index in [4.69, 9.17) is 24.4 Å². The number of carbonyl (C=O) groups is 1. The topological polar surface area (TPSA) is 207 Å². The molecule has 2 fully saturated rings. The zero-order chi connectivity index (χ0) is 18.9. The fourth-order valence-electron chi connectivity index (χ4n) is 2.67. The highest BCUT2D eigenvalue weighted by Crippen LogP contribution is 2.27. The van der Waals surface area contributed by atoms with Gasteiger partial charge in [0.25, 0.3) is 0 Å². The van der Waals surface area contributed by atoms with Crippen molar-refractivity contribution in [3.8, 4) is 0 Å². The van der Waals surface area contributed by atoms with E-state index in [2.05, 4.69) is 0 Å². The quantitative estimate of drug-likeness (QED) is 0.228. The molecule has 0 spiro atoms. The average molecular weight is 370 g/mol. The van der Waals surface area contributed by atoms with Gasteiger partial charge in [0.1, 0.15) is 42.7 Å². The van der Waals surface area contributed by atoms with Crippen LogP contribution in [-0.4, -0.2) is 121 Å². The number of Topliss-reactive ketones (excluding diaryl/α,β-unsaturated/α-hetero) is 1. The molecular weight excluding hydrogens is 348 g/mol. The lowest BCUT2D eigenvalue weighted by atomic mass is 9.95. The van der Waals surface area contributed by atoms with Gasteiger partial charge in [-0.1, -0.05) is 0 Å². The highest BCUT2D eigenvalue weighted by Gasteiger charge is 2.51. The molecule has 2 aliphatic rings. The van der Waals surface area contributed by atoms with E-state index in [1.807, 2.05) is 0 Å². The molecular formula is C13H22O12. The van der Waals surface area contributed by atoms with Crippen molar-refractivity contribution in [2.24, 2.45) is 0 Å². The van der Waals surface area contributed by atoms with Crippen LogP contribution >= 0.6 is 0 Å². The van der Waals surface area contributed by atoms with Crippen LogP contribution in [0.1, 0.15) is 0 Å². The molecule has 2 rings (SSSR count). The minimum atomic E-state index is -2.08. The lowest BCUT2D eigenvalue weighted by Gasteiger charge is -2.43. The molecule has 25 heavy (non-hydrogen) atoms. The van der Waals surface area contributed by atoms with Crippen LogP contribution in [0.4, 0.5) is 0 Å². The molecule has 12 nitrogen and oxygen atoms in total. The Labute approximate surface area is 141 Å². The summed E-state index contributed by atoms with van der Waals surface area (Å²) in [5.41, 5.74) is 0. The Morgan fingerprint density at radius 2 is 1.60 bits per heavy atom. The predicted molar refractivity (Wildman–Crippen MR) is 73.6 cm³/mol. The summed E-state index contributed by atoms with van der Waals surface area (Å²) < 4.78 is 14.9. The fraction of sp³-hybridized carbons (Fsp3) is 0.923. The third kappa shape index (κ3) is 3.99. The molecule has 0 unspecified atom stereocenters. The highest BCUT2D eigenvalue weighted by molar-refractivity contribution is 5.87. The minimum Gasteiger partial charge on any atom is -0.394 e. The molecule has 2 saturated heterocycles. The van der Waals surface area contributed by atoms with Crippen molar-refractivity contribution in [1.29, 1.82) is 0 Å². The van der Waals surface area contributed by atoms with Crippen LogP contribution in [0, 0.1) is 0 Å². The van der Waals surface area contributed by atoms with E-state index in [0.29, 0.717) is 0 Å². The predicted octanol–water partition coefficient (Wildman–Crippen LogP) is -5.83. The van der Waals surface area contributed by atoms with E-state index in [-0.39, 0.29) is 0 Å². The normalized spacial score (nSPS) is 46.9. The molecule has 146 valence electrons. The number of hydrogen-bond donors (Lipinski definition) is 8. The van der Waals surface area contributed by atoms with Crippen molar-refractivity contribution in [3.05, 3.63) is 0 Å². The smallest absolute Gasteiger partial charge is 0.219 e. The molecule has 0 aromatic rings. The van der Waals surface area contributed by atoms with Gasteiger partial charge in [-0.2, -0.15) is 0 Å². The van der Waals surface area contributed by atoms with Gasteiger partial charge in [0, 0.05) is 0 Å². The van der Waals surface area contributed by atoms with Gasteiger partial charge in [-0.3, -0.25) is 4.79 Å². The first kappa shape index (κ1) is 20.5. The molecule has 0 aromatic carbocycles. The first-order valence-corrected chi connectivity index (χ1v) is 7.53. The van der Waals surface area contributed by atoms with E-state index >= 15 is 0 Å². The minimum absolute atomic E-state index is 0.733. The van der Waals surface area contributed by atoms with E-state index in [9.17, 15) is 35.4 Å². The largest absolute Gasteiger partial charge is 0.394 e. The Balaban J connectivity index is 2.16. The van der Waals surface area contributed by atoms with Gasteiger partial charge in [0.15, 0.2) is 12.4 Å². The van der Waals surface area contributed by atoms with Gasteiger partial charge < -0.3 is 55.1 Å². The van der Waals surface area contributed by atoms with Crippen molar-refractivity contribution in [3.63, 3.8) is 0 Å². The second kappa shape index (κ2) is 8.28. The van der Waals surface area contributed by atoms with Crippen molar-refractivity contribution < 1.29 is 59.9 Å². The highest BCUT2D eigenvalue weighted by atomic mass is 16.7. The molecule has 12 heteroatoms. The van der Waals surface area contributed by atoms with E-state index in [0.717, 1.165) is 0 Å². The maximum atomic E-state index is 12.0. The van der Waals surface area contributed by atoms with Gasteiger partial charge in [0.2, 0.25) is 12.1 Å². The Morgan fingerprint density at radius 3 is 2.16 bits per heavy atom. The van der Waals surface area contributed by atoms with Gasteiger partial charge in [-0.25, -0.2) is 0 Å². The van der Waals surface area contributed by atoms with Crippen molar-refractivity contribution in [1.82, 2.24) is 0 Å². The van der Waals surface area contributed by atoms with E-state index in [1.54, 1.807) is 0 Å². The maximum Gasteiger partial charge on any atom is 0.219 e. The van der Waals surface area contributed by atoms with Crippen molar-refractivity contribution >= 4 is 5.78 Å². The summed E-state index contributed by atoms with van der Waals surface area (Å²) >= 11 is 0. The number of ether oxygens (including phenoxy) is 3. The molecule has 2 heterocycles. The molecule has 0 radical (unpaired) electrons. The van der Waals surface area contributed by atoms with Crippen molar-refractivity contribution in [2.45, 2.75) is 61.4 Å². The van der Waals surface area contributed by atoms with Gasteiger partial charge in [-0.05, 0) is 0 Å². The fourth-order valence-corrected chi connectivity index (χ4v) is 2.67. The summed E-state index contributed by atoms with van der Waals surface area (Å²) in [6.45, 7) is -1.57. The Bertz CT molecular complexity index is 458. The lowest BCUT2D eigenvalue weighted by Crippen LogP contribution is -2.64. The van der Waals surface area contributed by atoms with Crippen LogP contribution in [0.5, 0.6) is 0 Å². The van der Waals surface area contributed by atoms with Crippen LogP contribution in [-0.2, 0) is 19.0 Å². The van der Waals surface area contributed by atoms with Crippen LogP contribution in [0.2, 0.25) is 0 Å². The Morgan fingerprint density at radius 1 is 0.960 bits per heavy atom. The number of ketones is 1. The average Bonchev–Trinajstić information content (AvgIpc) is 2.60. The molecule has 0 aromatic heterocycles. The molecule has 2 aliphatic heterocycles. The zero-order valence-electron chi connectivity index (χ0n) is 12.9. The Kier molecular flexibility index (Phi) is 6.80. The van der Waals surface area contributed by atoms with Gasteiger partial charge in [-0.15, -0.1) is 0 Å². The monoisotopic (exact) mass is 370 g/mol. The number of hydrogen-bond acceptors (Lipinski definition) is 12. The molecule has 0 saturated carbocycles. The molecule has 0 aliphatic carbocycles. The zero-order valence-corrected chi connectivity index (χ0v) is 12.9. The summed E-state index contributed by atoms with van der Waals surface area (Å²) in [5.74, 6) is -1.15. The standard InChI is InChI=1S/C13H22O12/c14-1-3(16)10-8(20)11(9(21)12(22)24-10)25-13-7(19)6(18)5(17)4(2-15)23-13/h3-8,10-20,22H,1-2H2/t3-,4+,5-,6-,7+,8+,10-,11-,12-,13-/m0/s1. The summed E-state index contributed by atoms with van der Waals surface area (Å²) in [4.78, 5) is 12.0. The number of rotatable bonds is 5. The summed E-state index contributed by atoms with van der Waals surface area (Å²) in [7, 11) is 0. The second-order valence-electron chi connectivity index (χ2n) is 5.85. The third-order valence-electron chi connectivity index (χ3n) is 4.15. The van der Waals surface area contributed by atoms with Crippen LogP contribution < -0.4 is 0 Å². The number of carbonyl (C=O) groups excluding carboxylic acids is 1. The molecule has 0 amide bonds. The lowest BCUT2D eigenvalue weighted by molar-refractivity contribution is -0.327. The van der Waals surface area contributed by atoms with E-state index in [1.165, 1.54) is 0 Å². The second-order valence-corrected chi connectivity index (χ2v) is 5.85. The third-order valence-corrected chi connectivity index (χ3v) is 4.15. The molecule has 10 atom stereocenters. The number of aliphatic hydroxyl groups excluding tert-OH is 8. The van der Waals surface area contributed by atoms with Gasteiger partial charge in [0.05, 0.1) is 13.2 Å². The SMILES string of the molecule is O=C1[C@@H](O[C@@H]2O[C@H](CO)[C@H](O)[C@H](O)[C@H]2O)[C@H](O)[C@H]([C@@H](O)CO)O[C@@H]1O. The first-order chi connectivity index (χ1) is 11.7. The first-order valence-electron chi connectivity index (χ1n) is 7.53. The summed E-state index contributed by atoms with van der Waals surface area (Å²) in [6.07, 6.45) is -17.3. The van der Waals surface area contributed by atoms with Crippen LogP contribution in [0.15, 0.2) is 0 Å². The Hall–Kier alpha value is -0.770. The van der Waals surface area contributed by atoms with E-state index < -0.39 is 80.4 Å². The van der Waals surface area contributed by atoms with Crippen LogP contribution in [0.25, 0.3) is 0 Å². The van der Waals surface area contributed by atoms with Crippen LogP contribution in [0.3, 0.4) is 0 Å². The van der Waals surface area contributed by atoms with Crippen molar-refractivity contribution in [2.75, 3.05) is 13.2 Å². The molecule has 8 N–H and O–H groups in total. The van der Waals surface area contributed by atoms with Gasteiger partial charge >= 0.3 is 0 Å². The summed E-state index contributed by atoms with van der Waals surface area (Å²) in [6, 6.07) is 0. The molecule has 0 bridgehead atoms. The maximum absolute atomic E-state index is 12.0. The number of aliphatic hydroxyl groups is 8.